The molecule has 1 unspecified atom stereocenters. The van der Waals surface area contributed by atoms with Crippen LogP contribution in [-0.4, -0.2) is 17.3 Å². The predicted octanol–water partition coefficient (Wildman–Crippen LogP) is 2.54. The van der Waals surface area contributed by atoms with Crippen molar-refractivity contribution in [3.63, 3.8) is 0 Å². The third-order valence-corrected chi connectivity index (χ3v) is 1.46. The van der Waals surface area contributed by atoms with Crippen LogP contribution in [0.1, 0.15) is 41.5 Å². The highest BCUT2D eigenvalue weighted by Gasteiger charge is 2.12. The van der Waals surface area contributed by atoms with E-state index in [-0.39, 0.29) is 5.92 Å². The van der Waals surface area contributed by atoms with Gasteiger partial charge in [-0.25, -0.2) is 0 Å². The van der Waals surface area contributed by atoms with Crippen LogP contribution in [0.5, 0.6) is 0 Å². The minimum Gasteiger partial charge on any atom is -0.387 e. The van der Waals surface area contributed by atoms with Crippen molar-refractivity contribution >= 4 is 0 Å². The number of nitrogens with one attached hydrogen (secondary N) is 1. The van der Waals surface area contributed by atoms with E-state index < -0.39 is 6.10 Å². The molecule has 2 heteroatoms. The molecular formula is C11H25NO. The van der Waals surface area contributed by atoms with E-state index in [0.29, 0.717) is 6.04 Å². The van der Waals surface area contributed by atoms with Gasteiger partial charge in [-0.3, -0.25) is 0 Å². The van der Waals surface area contributed by atoms with Crippen LogP contribution in [0.3, 0.4) is 0 Å². The zero-order valence-corrected chi connectivity index (χ0v) is 9.89. The highest BCUT2D eigenvalue weighted by Crippen LogP contribution is 2.07. The molecule has 80 valence electrons. The second-order valence-electron chi connectivity index (χ2n) is 3.51. The normalized spacial score (nSPS) is 12.1. The molecule has 1 atom stereocenters. The van der Waals surface area contributed by atoms with Gasteiger partial charge < -0.3 is 10.4 Å². The van der Waals surface area contributed by atoms with E-state index in [1.54, 1.807) is 0 Å². The van der Waals surface area contributed by atoms with Crippen LogP contribution in [0.25, 0.3) is 0 Å². The SMILES string of the molecule is C=C(NC(C)C)C(O)C(C)C.CC. The Hall–Kier alpha value is -0.500. The van der Waals surface area contributed by atoms with Gasteiger partial charge >= 0.3 is 0 Å². The summed E-state index contributed by atoms with van der Waals surface area (Å²) in [5.41, 5.74) is 0.718. The molecule has 2 N–H and O–H groups in total. The number of rotatable bonds is 4. The van der Waals surface area contributed by atoms with E-state index in [2.05, 4.69) is 11.9 Å². The lowest BCUT2D eigenvalue weighted by Gasteiger charge is -2.20. The maximum atomic E-state index is 9.48. The topological polar surface area (TPSA) is 32.3 Å². The summed E-state index contributed by atoms with van der Waals surface area (Å²) in [6.07, 6.45) is -0.433. The number of aliphatic hydroxyl groups excluding tert-OH is 1. The molecule has 0 bridgehead atoms. The maximum Gasteiger partial charge on any atom is 0.0951 e. The summed E-state index contributed by atoms with van der Waals surface area (Å²) in [6.45, 7) is 15.7. The standard InChI is InChI=1S/C9H19NO.C2H6/c1-6(2)9(11)8(5)10-7(3)4;1-2/h6-7,9-11H,5H2,1-4H3;1-2H3. The molecular weight excluding hydrogens is 162 g/mol. The summed E-state index contributed by atoms with van der Waals surface area (Å²) in [6, 6.07) is 0.343. The van der Waals surface area contributed by atoms with E-state index in [0.717, 1.165) is 5.70 Å². The molecule has 0 rings (SSSR count). The number of hydrogen-bond donors (Lipinski definition) is 2. The Kier molecular flexibility index (Phi) is 9.36. The molecule has 0 heterocycles. The fourth-order valence-corrected chi connectivity index (χ4v) is 0.859. The van der Waals surface area contributed by atoms with Crippen LogP contribution in [0.2, 0.25) is 0 Å². The molecule has 0 aliphatic heterocycles. The summed E-state index contributed by atoms with van der Waals surface area (Å²) < 4.78 is 0. The minimum absolute atomic E-state index is 0.230. The fourth-order valence-electron chi connectivity index (χ4n) is 0.859. The zero-order chi connectivity index (χ0) is 11.0. The first-order valence-corrected chi connectivity index (χ1v) is 5.08. The first kappa shape index (κ1) is 15.0. The van der Waals surface area contributed by atoms with E-state index in [1.165, 1.54) is 0 Å². The predicted molar refractivity (Wildman–Crippen MR) is 59.6 cm³/mol. The van der Waals surface area contributed by atoms with Crippen molar-refractivity contribution < 1.29 is 5.11 Å². The molecule has 2 nitrogen and oxygen atoms in total. The van der Waals surface area contributed by atoms with Crippen LogP contribution in [0, 0.1) is 5.92 Å². The smallest absolute Gasteiger partial charge is 0.0951 e. The van der Waals surface area contributed by atoms with E-state index in [9.17, 15) is 5.11 Å². The monoisotopic (exact) mass is 187 g/mol. The van der Waals surface area contributed by atoms with Crippen molar-refractivity contribution in [3.05, 3.63) is 12.3 Å². The summed E-state index contributed by atoms with van der Waals surface area (Å²) in [5.74, 6) is 0.230. The van der Waals surface area contributed by atoms with Gasteiger partial charge in [0.25, 0.3) is 0 Å². The van der Waals surface area contributed by atoms with Gasteiger partial charge in [0.1, 0.15) is 0 Å². The number of hydrogen-bond acceptors (Lipinski definition) is 2. The van der Waals surface area contributed by atoms with E-state index in [4.69, 9.17) is 0 Å². The number of aliphatic hydroxyl groups is 1. The third kappa shape index (κ3) is 7.85. The lowest BCUT2D eigenvalue weighted by Crippen LogP contribution is -2.31. The Labute approximate surface area is 83.0 Å². The van der Waals surface area contributed by atoms with Crippen molar-refractivity contribution in [1.82, 2.24) is 5.32 Å². The van der Waals surface area contributed by atoms with Crippen LogP contribution in [0.4, 0.5) is 0 Å². The maximum absolute atomic E-state index is 9.48. The average Bonchev–Trinajstić information content (AvgIpc) is 2.05. The van der Waals surface area contributed by atoms with Crippen molar-refractivity contribution in [2.24, 2.45) is 5.92 Å². The van der Waals surface area contributed by atoms with Crippen LogP contribution in [-0.2, 0) is 0 Å². The molecule has 0 spiro atoms. The minimum atomic E-state index is -0.433. The third-order valence-electron chi connectivity index (χ3n) is 1.46. The van der Waals surface area contributed by atoms with Gasteiger partial charge in [0.2, 0.25) is 0 Å². The van der Waals surface area contributed by atoms with Gasteiger partial charge in [0, 0.05) is 11.7 Å². The highest BCUT2D eigenvalue weighted by molar-refractivity contribution is 5.00. The van der Waals surface area contributed by atoms with Gasteiger partial charge in [-0.15, -0.1) is 0 Å². The van der Waals surface area contributed by atoms with Crippen LogP contribution in [0.15, 0.2) is 12.3 Å². The molecule has 0 amide bonds. The second-order valence-corrected chi connectivity index (χ2v) is 3.51. The van der Waals surface area contributed by atoms with Crippen molar-refractivity contribution in [1.29, 1.82) is 0 Å². The molecule has 0 radical (unpaired) electrons. The average molecular weight is 187 g/mol. The van der Waals surface area contributed by atoms with Crippen molar-refractivity contribution in [2.75, 3.05) is 0 Å². The first-order chi connectivity index (χ1) is 5.95. The van der Waals surface area contributed by atoms with E-state index >= 15 is 0 Å². The molecule has 0 aromatic heterocycles. The van der Waals surface area contributed by atoms with Crippen LogP contribution >= 0.6 is 0 Å². The summed E-state index contributed by atoms with van der Waals surface area (Å²) in [7, 11) is 0. The quantitative estimate of drug-likeness (QED) is 0.709. The van der Waals surface area contributed by atoms with Crippen molar-refractivity contribution in [3.8, 4) is 0 Å². The Morgan fingerprint density at radius 1 is 1.15 bits per heavy atom. The molecule has 0 aromatic carbocycles. The molecule has 0 aromatic rings. The fraction of sp³-hybridized carbons (Fsp3) is 0.818. The van der Waals surface area contributed by atoms with E-state index in [1.807, 2.05) is 41.5 Å². The summed E-state index contributed by atoms with van der Waals surface area (Å²) in [5, 5.41) is 12.6. The van der Waals surface area contributed by atoms with Gasteiger partial charge in [0.15, 0.2) is 0 Å². The van der Waals surface area contributed by atoms with Gasteiger partial charge in [-0.05, 0) is 19.8 Å². The Morgan fingerprint density at radius 3 is 1.77 bits per heavy atom. The first-order valence-electron chi connectivity index (χ1n) is 5.08. The Balaban J connectivity index is 0. The highest BCUT2D eigenvalue weighted by atomic mass is 16.3. The Morgan fingerprint density at radius 2 is 1.54 bits per heavy atom. The van der Waals surface area contributed by atoms with Crippen LogP contribution < -0.4 is 5.32 Å². The second kappa shape index (κ2) is 8.11. The molecule has 0 saturated heterocycles. The Bertz CT molecular complexity index is 130. The zero-order valence-electron chi connectivity index (χ0n) is 9.89. The lowest BCUT2D eigenvalue weighted by atomic mass is 10.0. The molecule has 0 aliphatic rings. The van der Waals surface area contributed by atoms with Gasteiger partial charge in [-0.1, -0.05) is 34.3 Å². The molecule has 0 saturated carbocycles. The van der Waals surface area contributed by atoms with Gasteiger partial charge in [0.05, 0.1) is 6.10 Å². The van der Waals surface area contributed by atoms with Gasteiger partial charge in [-0.2, -0.15) is 0 Å². The largest absolute Gasteiger partial charge is 0.387 e. The molecule has 0 aliphatic carbocycles. The van der Waals surface area contributed by atoms with Crippen molar-refractivity contribution in [2.45, 2.75) is 53.7 Å². The summed E-state index contributed by atoms with van der Waals surface area (Å²) in [4.78, 5) is 0. The molecule has 0 fully saturated rings. The summed E-state index contributed by atoms with van der Waals surface area (Å²) >= 11 is 0. The molecule has 13 heavy (non-hydrogen) atoms. The lowest BCUT2D eigenvalue weighted by molar-refractivity contribution is 0.151.